The summed E-state index contributed by atoms with van der Waals surface area (Å²) in [6, 6.07) is 11.3. The normalized spacial score (nSPS) is 16.0. The lowest BCUT2D eigenvalue weighted by molar-refractivity contribution is -0.384. The van der Waals surface area contributed by atoms with Gasteiger partial charge in [-0.15, -0.1) is 0 Å². The number of nitro groups is 1. The Hall–Kier alpha value is -2.20. The molecule has 0 aliphatic carbocycles. The molecule has 29 heavy (non-hydrogen) atoms. The molecule has 1 aliphatic rings. The first-order valence-electron chi connectivity index (χ1n) is 9.12. The number of hydrogen-bond donors (Lipinski definition) is 0. The summed E-state index contributed by atoms with van der Waals surface area (Å²) in [6.07, 6.45) is 0. The fourth-order valence-electron chi connectivity index (χ4n) is 3.28. The van der Waals surface area contributed by atoms with Crippen molar-refractivity contribution in [3.05, 3.63) is 63.2 Å². The van der Waals surface area contributed by atoms with Crippen LogP contribution in [-0.4, -0.2) is 62.8 Å². The largest absolute Gasteiger partial charge is 0.365 e. The number of hydrogen-bond acceptors (Lipinski definition) is 6. The van der Waals surface area contributed by atoms with Gasteiger partial charge in [0.05, 0.1) is 9.82 Å². The molecule has 0 aromatic heterocycles. The first kappa shape index (κ1) is 21.5. The van der Waals surface area contributed by atoms with E-state index in [-0.39, 0.29) is 10.6 Å². The van der Waals surface area contributed by atoms with Gasteiger partial charge < -0.3 is 9.80 Å². The molecule has 0 N–H and O–H groups in total. The molecule has 2 aromatic rings. The first-order valence-corrected chi connectivity index (χ1v) is 10.9. The van der Waals surface area contributed by atoms with Gasteiger partial charge in [0.25, 0.3) is 5.69 Å². The Morgan fingerprint density at radius 3 is 2.41 bits per heavy atom. The molecule has 0 amide bonds. The van der Waals surface area contributed by atoms with Gasteiger partial charge in [-0.1, -0.05) is 29.8 Å². The number of sulfonamides is 1. The summed E-state index contributed by atoms with van der Waals surface area (Å²) in [5, 5.41) is 12.2. The summed E-state index contributed by atoms with van der Waals surface area (Å²) in [5.41, 5.74) is 0.891. The summed E-state index contributed by atoms with van der Waals surface area (Å²) in [4.78, 5) is 14.8. The number of rotatable bonds is 6. The van der Waals surface area contributed by atoms with Crippen molar-refractivity contribution in [3.63, 3.8) is 0 Å². The molecule has 3 rings (SSSR count). The minimum Gasteiger partial charge on any atom is -0.365 e. The van der Waals surface area contributed by atoms with Crippen LogP contribution in [0.3, 0.4) is 0 Å². The van der Waals surface area contributed by atoms with Crippen molar-refractivity contribution in [1.82, 2.24) is 9.21 Å². The maximum atomic E-state index is 12.9. The van der Waals surface area contributed by atoms with Crippen LogP contribution in [0.2, 0.25) is 5.02 Å². The van der Waals surface area contributed by atoms with Crippen LogP contribution in [0.25, 0.3) is 0 Å². The van der Waals surface area contributed by atoms with Crippen LogP contribution < -0.4 is 4.90 Å². The fraction of sp³-hybridized carbons (Fsp3) is 0.368. The number of halogens is 1. The zero-order valence-corrected chi connectivity index (χ0v) is 17.9. The third-order valence-electron chi connectivity index (χ3n) is 5.02. The Balaban J connectivity index is 1.91. The van der Waals surface area contributed by atoms with Crippen LogP contribution >= 0.6 is 11.6 Å². The Morgan fingerprint density at radius 2 is 1.79 bits per heavy atom. The summed E-state index contributed by atoms with van der Waals surface area (Å²) < 4.78 is 27.3. The lowest BCUT2D eigenvalue weighted by Gasteiger charge is -2.31. The molecule has 10 heteroatoms. The smallest absolute Gasteiger partial charge is 0.293 e. The molecule has 1 heterocycles. The first-order chi connectivity index (χ1) is 13.7. The Bertz CT molecular complexity index is 1010. The maximum absolute atomic E-state index is 12.9. The van der Waals surface area contributed by atoms with Crippen molar-refractivity contribution in [2.75, 3.05) is 45.2 Å². The van der Waals surface area contributed by atoms with Gasteiger partial charge in [-0.25, -0.2) is 8.42 Å². The maximum Gasteiger partial charge on any atom is 0.293 e. The Morgan fingerprint density at radius 1 is 1.14 bits per heavy atom. The number of benzene rings is 2. The van der Waals surface area contributed by atoms with Crippen LogP contribution in [0, 0.1) is 10.1 Å². The van der Waals surface area contributed by atoms with Crippen molar-refractivity contribution in [2.24, 2.45) is 0 Å². The second-order valence-electron chi connectivity index (χ2n) is 7.06. The lowest BCUT2D eigenvalue weighted by atomic mass is 10.2. The number of nitrogens with zero attached hydrogens (tertiary/aromatic N) is 4. The molecule has 1 aliphatic heterocycles. The number of anilines is 1. The van der Waals surface area contributed by atoms with Gasteiger partial charge in [-0.2, -0.15) is 4.31 Å². The standard InChI is InChI=1S/C19H23ClN4O4S/c1-21-9-11-23(12-10-21)29(27,28)16-7-8-18(19(13-16)24(25)26)22(2)14-15-5-3-4-6-17(15)20/h3-8,13H,9-12,14H2,1-2H3. The van der Waals surface area contributed by atoms with Gasteiger partial charge in [0.2, 0.25) is 10.0 Å². The van der Waals surface area contributed by atoms with E-state index in [1.165, 1.54) is 16.4 Å². The molecule has 0 saturated carbocycles. The highest BCUT2D eigenvalue weighted by Crippen LogP contribution is 2.33. The van der Waals surface area contributed by atoms with E-state index in [0.717, 1.165) is 11.6 Å². The molecule has 1 saturated heterocycles. The van der Waals surface area contributed by atoms with Gasteiger partial charge in [0, 0.05) is 50.9 Å². The highest BCUT2D eigenvalue weighted by Gasteiger charge is 2.30. The molecule has 8 nitrogen and oxygen atoms in total. The highest BCUT2D eigenvalue weighted by atomic mass is 35.5. The lowest BCUT2D eigenvalue weighted by Crippen LogP contribution is -2.47. The van der Waals surface area contributed by atoms with E-state index in [4.69, 9.17) is 11.6 Å². The third kappa shape index (κ3) is 4.69. The molecule has 0 unspecified atom stereocenters. The minimum atomic E-state index is -3.79. The van der Waals surface area contributed by atoms with Gasteiger partial charge in [-0.3, -0.25) is 10.1 Å². The van der Waals surface area contributed by atoms with Crippen LogP contribution in [0.1, 0.15) is 5.56 Å². The zero-order chi connectivity index (χ0) is 21.2. The molecular formula is C19H23ClN4O4S. The summed E-state index contributed by atoms with van der Waals surface area (Å²) in [7, 11) is -0.149. The van der Waals surface area contributed by atoms with Crippen molar-refractivity contribution < 1.29 is 13.3 Å². The second-order valence-corrected chi connectivity index (χ2v) is 9.41. The molecule has 0 spiro atoms. The van der Waals surface area contributed by atoms with Crippen molar-refractivity contribution in [3.8, 4) is 0 Å². The van der Waals surface area contributed by atoms with Crippen LogP contribution in [0.15, 0.2) is 47.4 Å². The van der Waals surface area contributed by atoms with E-state index < -0.39 is 14.9 Å². The van der Waals surface area contributed by atoms with Crippen molar-refractivity contribution in [1.29, 1.82) is 0 Å². The topological polar surface area (TPSA) is 87.0 Å². The van der Waals surface area contributed by atoms with E-state index in [1.54, 1.807) is 18.0 Å². The van der Waals surface area contributed by atoms with Crippen LogP contribution in [-0.2, 0) is 16.6 Å². The molecule has 156 valence electrons. The number of piperazine rings is 1. The predicted octanol–water partition coefficient (Wildman–Crippen LogP) is 2.82. The zero-order valence-electron chi connectivity index (χ0n) is 16.3. The van der Waals surface area contributed by atoms with Crippen LogP contribution in [0.5, 0.6) is 0 Å². The molecular weight excluding hydrogens is 416 g/mol. The SMILES string of the molecule is CN1CCN(S(=O)(=O)c2ccc(N(C)Cc3ccccc3Cl)c([N+](=O)[O-])c2)CC1. The highest BCUT2D eigenvalue weighted by molar-refractivity contribution is 7.89. The molecule has 1 fully saturated rings. The van der Waals surface area contributed by atoms with E-state index >= 15 is 0 Å². The summed E-state index contributed by atoms with van der Waals surface area (Å²) >= 11 is 6.19. The van der Waals surface area contributed by atoms with Crippen molar-refractivity contribution >= 4 is 33.0 Å². The number of nitro benzene ring substituents is 1. The predicted molar refractivity (Wildman–Crippen MR) is 113 cm³/mol. The second kappa shape index (κ2) is 8.66. The van der Waals surface area contributed by atoms with E-state index in [0.29, 0.717) is 43.4 Å². The van der Waals surface area contributed by atoms with Gasteiger partial charge in [0.1, 0.15) is 5.69 Å². The third-order valence-corrected chi connectivity index (χ3v) is 7.28. The van der Waals surface area contributed by atoms with Gasteiger partial charge in [0.15, 0.2) is 0 Å². The van der Waals surface area contributed by atoms with E-state index in [2.05, 4.69) is 0 Å². The van der Waals surface area contributed by atoms with E-state index in [9.17, 15) is 18.5 Å². The summed E-state index contributed by atoms with van der Waals surface area (Å²) in [6.45, 7) is 2.33. The summed E-state index contributed by atoms with van der Waals surface area (Å²) in [5.74, 6) is 0. The minimum absolute atomic E-state index is 0.0661. The molecule has 2 aromatic carbocycles. The van der Waals surface area contributed by atoms with E-state index in [1.807, 2.05) is 30.1 Å². The van der Waals surface area contributed by atoms with Gasteiger partial charge >= 0.3 is 0 Å². The molecule has 0 radical (unpaired) electrons. The average Bonchev–Trinajstić information content (AvgIpc) is 2.69. The van der Waals surface area contributed by atoms with Gasteiger partial charge in [-0.05, 0) is 30.8 Å². The number of likely N-dealkylation sites (N-methyl/N-ethyl adjacent to an activating group) is 1. The molecule has 0 atom stereocenters. The Labute approximate surface area is 175 Å². The fourth-order valence-corrected chi connectivity index (χ4v) is 4.92. The average molecular weight is 439 g/mol. The quantitative estimate of drug-likeness (QED) is 0.509. The monoisotopic (exact) mass is 438 g/mol. The Kier molecular flexibility index (Phi) is 6.42. The van der Waals surface area contributed by atoms with Crippen molar-refractivity contribution in [2.45, 2.75) is 11.4 Å². The molecule has 0 bridgehead atoms. The van der Waals surface area contributed by atoms with Crippen LogP contribution in [0.4, 0.5) is 11.4 Å².